The predicted octanol–water partition coefficient (Wildman–Crippen LogP) is 1.36. The number of aryl methyl sites for hydroxylation is 1. The second-order valence-corrected chi connectivity index (χ2v) is 3.14. The summed E-state index contributed by atoms with van der Waals surface area (Å²) in [5, 5.41) is 7.60. The summed E-state index contributed by atoms with van der Waals surface area (Å²) in [5.41, 5.74) is 0. The number of alkyl halides is 1. The summed E-state index contributed by atoms with van der Waals surface area (Å²) >= 11 is 5.67. The molecule has 0 aliphatic rings. The van der Waals surface area contributed by atoms with E-state index in [9.17, 15) is 0 Å². The predicted molar refractivity (Wildman–Crippen MR) is 49.9 cm³/mol. The van der Waals surface area contributed by atoms with E-state index in [1.165, 1.54) is 0 Å². The molecule has 2 heterocycles. The van der Waals surface area contributed by atoms with Crippen LogP contribution in [0, 0.1) is 6.92 Å². The maximum absolute atomic E-state index is 5.67. The van der Waals surface area contributed by atoms with Crippen molar-refractivity contribution in [3.8, 4) is 0 Å². The molecule has 0 aliphatic carbocycles. The third kappa shape index (κ3) is 1.77. The molecule has 14 heavy (non-hydrogen) atoms. The average molecular weight is 213 g/mol. The first kappa shape index (κ1) is 9.21. The molecular weight excluding hydrogens is 204 g/mol. The van der Waals surface area contributed by atoms with Crippen molar-refractivity contribution in [2.75, 3.05) is 0 Å². The summed E-state index contributed by atoms with van der Waals surface area (Å²) in [5.74, 6) is 2.47. The van der Waals surface area contributed by atoms with Gasteiger partial charge in [0.25, 0.3) is 0 Å². The van der Waals surface area contributed by atoms with Crippen molar-refractivity contribution in [1.82, 2.24) is 19.7 Å². The molecule has 0 atom stereocenters. The van der Waals surface area contributed by atoms with Crippen LogP contribution in [0.15, 0.2) is 16.9 Å². The molecule has 0 saturated carbocycles. The van der Waals surface area contributed by atoms with E-state index in [4.69, 9.17) is 16.0 Å². The molecule has 2 aromatic heterocycles. The Hall–Kier alpha value is -1.36. The van der Waals surface area contributed by atoms with E-state index >= 15 is 0 Å². The highest BCUT2D eigenvalue weighted by Gasteiger charge is 2.06. The lowest BCUT2D eigenvalue weighted by atomic mass is 10.6. The van der Waals surface area contributed by atoms with Gasteiger partial charge >= 0.3 is 0 Å². The molecule has 0 fully saturated rings. The number of halogens is 1. The maximum atomic E-state index is 5.67. The second kappa shape index (κ2) is 3.79. The van der Waals surface area contributed by atoms with Gasteiger partial charge in [-0.05, 0) is 6.92 Å². The molecule has 2 aromatic rings. The number of hydrogen-bond donors (Lipinski definition) is 0. The van der Waals surface area contributed by atoms with E-state index in [0.29, 0.717) is 24.1 Å². The molecular formula is C8H9ClN4O. The van der Waals surface area contributed by atoms with Crippen LogP contribution in [0.5, 0.6) is 0 Å². The molecule has 0 aromatic carbocycles. The molecule has 6 heteroatoms. The Kier molecular flexibility index (Phi) is 2.49. The van der Waals surface area contributed by atoms with E-state index in [1.807, 2.05) is 6.92 Å². The molecule has 0 spiro atoms. The van der Waals surface area contributed by atoms with Crippen molar-refractivity contribution >= 4 is 11.6 Å². The molecule has 0 bridgehead atoms. The van der Waals surface area contributed by atoms with E-state index in [2.05, 4.69) is 15.2 Å². The van der Waals surface area contributed by atoms with Crippen molar-refractivity contribution < 1.29 is 4.42 Å². The van der Waals surface area contributed by atoms with Crippen LogP contribution < -0.4 is 0 Å². The summed E-state index contributed by atoms with van der Waals surface area (Å²) in [6.07, 6.45) is 3.29. The first-order chi connectivity index (χ1) is 6.79. The summed E-state index contributed by atoms with van der Waals surface area (Å²) in [7, 11) is 0. The largest absolute Gasteiger partial charge is 0.444 e. The van der Waals surface area contributed by atoms with E-state index in [0.717, 1.165) is 5.76 Å². The number of rotatable bonds is 3. The molecule has 0 radical (unpaired) electrons. The van der Waals surface area contributed by atoms with Gasteiger partial charge in [0.2, 0.25) is 5.89 Å². The van der Waals surface area contributed by atoms with Crippen molar-refractivity contribution in [2.45, 2.75) is 19.3 Å². The molecule has 0 saturated heterocycles. The zero-order valence-corrected chi connectivity index (χ0v) is 8.40. The van der Waals surface area contributed by atoms with Gasteiger partial charge in [-0.1, -0.05) is 0 Å². The minimum absolute atomic E-state index is 0.333. The fraction of sp³-hybridized carbons (Fsp3) is 0.375. The monoisotopic (exact) mass is 212 g/mol. The topological polar surface area (TPSA) is 56.7 Å². The Bertz CT molecular complexity index is 422. The molecule has 0 aliphatic heterocycles. The fourth-order valence-electron chi connectivity index (χ4n) is 1.13. The van der Waals surface area contributed by atoms with Crippen LogP contribution in [0.2, 0.25) is 0 Å². The highest BCUT2D eigenvalue weighted by molar-refractivity contribution is 6.16. The number of nitrogens with zero attached hydrogens (tertiary/aromatic N) is 4. The summed E-state index contributed by atoms with van der Waals surface area (Å²) in [4.78, 5) is 4.08. The minimum Gasteiger partial charge on any atom is -0.444 e. The number of oxazole rings is 1. The molecule has 0 unspecified atom stereocenters. The Labute approximate surface area is 85.7 Å². The summed E-state index contributed by atoms with van der Waals surface area (Å²) < 4.78 is 7.13. The van der Waals surface area contributed by atoms with Gasteiger partial charge in [-0.15, -0.1) is 21.8 Å². The van der Waals surface area contributed by atoms with E-state index in [1.54, 1.807) is 17.1 Å². The first-order valence-electron chi connectivity index (χ1n) is 4.13. The van der Waals surface area contributed by atoms with Crippen molar-refractivity contribution in [2.24, 2.45) is 0 Å². The number of aromatic nitrogens is 4. The quantitative estimate of drug-likeness (QED) is 0.721. The maximum Gasteiger partial charge on any atom is 0.214 e. The third-order valence-corrected chi connectivity index (χ3v) is 2.03. The van der Waals surface area contributed by atoms with E-state index < -0.39 is 0 Å². The Morgan fingerprint density at radius 1 is 1.57 bits per heavy atom. The summed E-state index contributed by atoms with van der Waals surface area (Å²) in [6, 6.07) is 0. The fourth-order valence-corrected chi connectivity index (χ4v) is 1.34. The Balaban J connectivity index is 2.18. The van der Waals surface area contributed by atoms with Gasteiger partial charge in [0.05, 0.1) is 12.1 Å². The van der Waals surface area contributed by atoms with Gasteiger partial charge in [-0.2, -0.15) is 0 Å². The van der Waals surface area contributed by atoms with Gasteiger partial charge in [-0.3, -0.25) is 0 Å². The lowest BCUT2D eigenvalue weighted by molar-refractivity contribution is 0.454. The highest BCUT2D eigenvalue weighted by atomic mass is 35.5. The third-order valence-electron chi connectivity index (χ3n) is 1.79. The van der Waals surface area contributed by atoms with Crippen LogP contribution in [0.4, 0.5) is 0 Å². The van der Waals surface area contributed by atoms with Crippen molar-refractivity contribution in [1.29, 1.82) is 0 Å². The van der Waals surface area contributed by atoms with Gasteiger partial charge in [0.15, 0.2) is 0 Å². The molecule has 5 nitrogen and oxygen atoms in total. The van der Waals surface area contributed by atoms with Gasteiger partial charge in [0, 0.05) is 0 Å². The van der Waals surface area contributed by atoms with Crippen molar-refractivity contribution in [3.05, 3.63) is 30.0 Å². The van der Waals surface area contributed by atoms with Crippen LogP contribution in [-0.4, -0.2) is 19.7 Å². The van der Waals surface area contributed by atoms with Crippen LogP contribution in [0.3, 0.4) is 0 Å². The second-order valence-electron chi connectivity index (χ2n) is 2.87. The number of hydrogen-bond acceptors (Lipinski definition) is 4. The van der Waals surface area contributed by atoms with Crippen molar-refractivity contribution in [3.63, 3.8) is 0 Å². The molecule has 0 N–H and O–H groups in total. The highest BCUT2D eigenvalue weighted by Crippen LogP contribution is 2.06. The van der Waals surface area contributed by atoms with Crippen LogP contribution in [-0.2, 0) is 12.4 Å². The standard InChI is InChI=1S/C8H9ClN4O/c1-6-3-10-8(14-6)4-13-5-11-12-7(13)2-9/h3,5H,2,4H2,1H3. The SMILES string of the molecule is Cc1cnc(Cn2cnnc2CCl)o1. The van der Waals surface area contributed by atoms with E-state index in [-0.39, 0.29) is 0 Å². The normalized spacial score (nSPS) is 10.7. The Morgan fingerprint density at radius 3 is 3.07 bits per heavy atom. The smallest absolute Gasteiger partial charge is 0.214 e. The zero-order chi connectivity index (χ0) is 9.97. The molecule has 74 valence electrons. The Morgan fingerprint density at radius 2 is 2.43 bits per heavy atom. The zero-order valence-electron chi connectivity index (χ0n) is 7.64. The lowest BCUT2D eigenvalue weighted by Crippen LogP contribution is -2.02. The van der Waals surface area contributed by atoms with Gasteiger partial charge in [-0.25, -0.2) is 4.98 Å². The van der Waals surface area contributed by atoms with Crippen LogP contribution in [0.1, 0.15) is 17.5 Å². The molecule has 0 amide bonds. The van der Waals surface area contributed by atoms with Gasteiger partial charge in [0.1, 0.15) is 24.5 Å². The molecule has 2 rings (SSSR count). The first-order valence-corrected chi connectivity index (χ1v) is 4.67. The lowest BCUT2D eigenvalue weighted by Gasteiger charge is -1.99. The van der Waals surface area contributed by atoms with Gasteiger partial charge < -0.3 is 8.98 Å². The van der Waals surface area contributed by atoms with Crippen LogP contribution in [0.25, 0.3) is 0 Å². The minimum atomic E-state index is 0.333. The average Bonchev–Trinajstić information content (AvgIpc) is 2.76. The summed E-state index contributed by atoms with van der Waals surface area (Å²) in [6.45, 7) is 2.37. The van der Waals surface area contributed by atoms with Crippen LogP contribution >= 0.6 is 11.6 Å².